The van der Waals surface area contributed by atoms with Crippen LogP contribution in [0.5, 0.6) is 11.5 Å². The van der Waals surface area contributed by atoms with Crippen molar-refractivity contribution in [3.8, 4) is 11.5 Å². The molecule has 4 aromatic carbocycles. The number of nitrogens with one attached hydrogen (secondary N) is 1. The SMILES string of the molecule is CCNc1cccc2cc(SOOO)c(N=Nc3ccc4ccccc4c3OS(=O)O)c(O)c12.CS(=O)(=O)O. The number of nitrogens with zero attached hydrogens (tertiary/aromatic N) is 2. The Balaban J connectivity index is 0.000000771. The van der Waals surface area contributed by atoms with E-state index in [1.165, 1.54) is 0 Å². The number of anilines is 1. The first kappa shape index (κ1) is 30.2. The van der Waals surface area contributed by atoms with E-state index in [-0.39, 0.29) is 22.9 Å². The number of phenols is 1. The molecule has 208 valence electrons. The van der Waals surface area contributed by atoms with E-state index in [4.69, 9.17) is 14.0 Å². The summed E-state index contributed by atoms with van der Waals surface area (Å²) in [7, 11) is -3.67. The number of aromatic hydroxyl groups is 1. The first-order valence-electron chi connectivity index (χ1n) is 10.9. The minimum Gasteiger partial charge on any atom is -0.505 e. The molecule has 1 unspecified atom stereocenters. The van der Waals surface area contributed by atoms with Crippen LogP contribution in [0.4, 0.5) is 17.1 Å². The van der Waals surface area contributed by atoms with Gasteiger partial charge in [0.1, 0.15) is 11.4 Å². The summed E-state index contributed by atoms with van der Waals surface area (Å²) in [4.78, 5) is 0.297. The zero-order valence-electron chi connectivity index (χ0n) is 20.3. The highest BCUT2D eigenvalue weighted by molar-refractivity contribution is 7.94. The lowest BCUT2D eigenvalue weighted by molar-refractivity contribution is -0.432. The van der Waals surface area contributed by atoms with E-state index in [9.17, 15) is 22.3 Å². The lowest BCUT2D eigenvalue weighted by atomic mass is 10.1. The summed E-state index contributed by atoms with van der Waals surface area (Å²) >= 11 is -1.97. The molecule has 0 amide bonds. The van der Waals surface area contributed by atoms with Crippen molar-refractivity contribution in [3.63, 3.8) is 0 Å². The number of rotatable bonds is 9. The molecule has 1 atom stereocenters. The van der Waals surface area contributed by atoms with Gasteiger partial charge in [-0.05, 0) is 35.9 Å². The van der Waals surface area contributed by atoms with E-state index >= 15 is 0 Å². The Morgan fingerprint density at radius 1 is 1.05 bits per heavy atom. The summed E-state index contributed by atoms with van der Waals surface area (Å²) in [5.41, 5.74) is 0.884. The second-order valence-electron chi connectivity index (χ2n) is 7.60. The fourth-order valence-corrected chi connectivity index (χ4v) is 4.34. The molecule has 0 aliphatic carbocycles. The molecule has 39 heavy (non-hydrogen) atoms. The zero-order valence-corrected chi connectivity index (χ0v) is 22.8. The minimum atomic E-state index is -3.67. The Hall–Kier alpha value is -3.35. The second-order valence-corrected chi connectivity index (χ2v) is 10.4. The molecule has 13 nitrogen and oxygen atoms in total. The predicted molar refractivity (Wildman–Crippen MR) is 147 cm³/mol. The van der Waals surface area contributed by atoms with E-state index in [1.54, 1.807) is 36.4 Å². The van der Waals surface area contributed by atoms with Gasteiger partial charge in [0, 0.05) is 23.0 Å². The molecular formula is C23H23N3O10S3. The smallest absolute Gasteiger partial charge is 0.357 e. The Bertz CT molecular complexity index is 1620. The summed E-state index contributed by atoms with van der Waals surface area (Å²) in [6, 6.07) is 17.6. The molecule has 0 spiro atoms. The molecule has 0 aromatic heterocycles. The highest BCUT2D eigenvalue weighted by Crippen LogP contribution is 2.47. The third-order valence-corrected chi connectivity index (χ3v) is 5.80. The van der Waals surface area contributed by atoms with Crippen molar-refractivity contribution in [1.82, 2.24) is 0 Å². The third kappa shape index (κ3) is 8.32. The van der Waals surface area contributed by atoms with Crippen LogP contribution in [0, 0.1) is 0 Å². The van der Waals surface area contributed by atoms with Crippen LogP contribution in [0.15, 0.2) is 75.8 Å². The van der Waals surface area contributed by atoms with Crippen LogP contribution in [0.25, 0.3) is 21.5 Å². The predicted octanol–water partition coefficient (Wildman–Crippen LogP) is 5.99. The Morgan fingerprint density at radius 3 is 2.41 bits per heavy atom. The first-order chi connectivity index (χ1) is 18.5. The largest absolute Gasteiger partial charge is 0.505 e. The van der Waals surface area contributed by atoms with E-state index in [1.807, 2.05) is 31.2 Å². The fraction of sp³-hybridized carbons (Fsp3) is 0.130. The lowest BCUT2D eigenvalue weighted by Crippen LogP contribution is -1.98. The Kier molecular flexibility index (Phi) is 10.6. The molecular weight excluding hydrogens is 574 g/mol. The standard InChI is InChI=1S/C22H19N3O7S2.CH4O3S/c1-2-23-16-9-5-7-14-12-18(33-32-31-27)20(21(26)19(14)16)25-24-17-11-10-13-6-3-4-8-15(13)22(17)30-34(28)29;1-5(2,3)4/h3-12,23,26-27H,2H2,1H3,(H,28,29);1H3,(H,2,3,4). The van der Waals surface area contributed by atoms with Crippen LogP contribution in [0.3, 0.4) is 0 Å². The van der Waals surface area contributed by atoms with Gasteiger partial charge in [0.05, 0.1) is 23.2 Å². The maximum absolute atomic E-state index is 11.4. The van der Waals surface area contributed by atoms with E-state index in [0.717, 1.165) is 5.39 Å². The first-order valence-corrected chi connectivity index (χ1v) is 14.5. The summed E-state index contributed by atoms with van der Waals surface area (Å²) in [5, 5.41) is 37.5. The van der Waals surface area contributed by atoms with Crippen molar-refractivity contribution in [2.75, 3.05) is 18.1 Å². The molecule has 0 aliphatic rings. The highest BCUT2D eigenvalue weighted by atomic mass is 32.2. The molecule has 0 bridgehead atoms. The van der Waals surface area contributed by atoms with Gasteiger partial charge in [-0.15, -0.1) is 14.6 Å². The lowest BCUT2D eigenvalue weighted by Gasteiger charge is -2.13. The van der Waals surface area contributed by atoms with Gasteiger partial charge < -0.3 is 14.6 Å². The van der Waals surface area contributed by atoms with Gasteiger partial charge in [0.15, 0.2) is 11.5 Å². The molecule has 16 heteroatoms. The Morgan fingerprint density at radius 2 is 1.74 bits per heavy atom. The van der Waals surface area contributed by atoms with Crippen molar-refractivity contribution < 1.29 is 45.7 Å². The Labute approximate surface area is 229 Å². The average molecular weight is 598 g/mol. The monoisotopic (exact) mass is 597 g/mol. The molecule has 0 heterocycles. The number of benzene rings is 4. The highest BCUT2D eigenvalue weighted by Gasteiger charge is 2.18. The van der Waals surface area contributed by atoms with Gasteiger partial charge in [-0.3, -0.25) is 9.11 Å². The topological polar surface area (TPSA) is 197 Å². The normalized spacial score (nSPS) is 12.3. The molecule has 0 saturated carbocycles. The summed E-state index contributed by atoms with van der Waals surface area (Å²) in [5.74, 6) is -0.128. The summed E-state index contributed by atoms with van der Waals surface area (Å²) < 4.78 is 56.3. The summed E-state index contributed by atoms with van der Waals surface area (Å²) in [6.07, 6.45) is 0.715. The van der Waals surface area contributed by atoms with Crippen molar-refractivity contribution in [1.29, 1.82) is 0 Å². The van der Waals surface area contributed by atoms with Crippen LogP contribution in [-0.2, 0) is 30.9 Å². The number of phenolic OH excluding ortho intramolecular Hbond substituents is 1. The maximum atomic E-state index is 11.4. The van der Waals surface area contributed by atoms with E-state index in [0.29, 0.717) is 51.6 Å². The molecule has 0 radical (unpaired) electrons. The zero-order chi connectivity index (χ0) is 28.6. The van der Waals surface area contributed by atoms with E-state index in [2.05, 4.69) is 24.9 Å². The van der Waals surface area contributed by atoms with Crippen LogP contribution in [0.1, 0.15) is 6.92 Å². The molecule has 4 aromatic rings. The number of fused-ring (bicyclic) bond motifs is 2. The van der Waals surface area contributed by atoms with Gasteiger partial charge in [0.25, 0.3) is 10.1 Å². The van der Waals surface area contributed by atoms with Crippen LogP contribution in [0.2, 0.25) is 0 Å². The van der Waals surface area contributed by atoms with E-state index < -0.39 is 21.5 Å². The number of azo groups is 1. The quantitative estimate of drug-likeness (QED) is 0.0378. The summed E-state index contributed by atoms with van der Waals surface area (Å²) in [6.45, 7) is 2.56. The fourth-order valence-electron chi connectivity index (χ4n) is 3.52. The van der Waals surface area contributed by atoms with Crippen molar-refractivity contribution >= 4 is 72.1 Å². The minimum absolute atomic E-state index is 0.0316. The molecule has 0 fully saturated rings. The van der Waals surface area contributed by atoms with Gasteiger partial charge in [-0.25, -0.2) is 5.26 Å². The average Bonchev–Trinajstić information content (AvgIpc) is 2.87. The van der Waals surface area contributed by atoms with Crippen molar-refractivity contribution in [2.24, 2.45) is 10.2 Å². The third-order valence-electron chi connectivity index (χ3n) is 4.87. The maximum Gasteiger partial charge on any atom is 0.357 e. The van der Waals surface area contributed by atoms with Crippen LogP contribution in [-0.4, -0.2) is 44.9 Å². The van der Waals surface area contributed by atoms with Crippen LogP contribution < -0.4 is 9.50 Å². The molecule has 4 rings (SSSR count). The second kappa shape index (κ2) is 13.6. The molecule has 0 aliphatic heterocycles. The number of hydrogen-bond donors (Lipinski definition) is 5. The molecule has 0 saturated heterocycles. The van der Waals surface area contributed by atoms with Gasteiger partial charge >= 0.3 is 11.4 Å². The van der Waals surface area contributed by atoms with Gasteiger partial charge in [0.2, 0.25) is 0 Å². The van der Waals surface area contributed by atoms with Crippen LogP contribution >= 0.6 is 12.0 Å². The molecule has 5 N–H and O–H groups in total. The van der Waals surface area contributed by atoms with Crippen molar-refractivity contribution in [3.05, 3.63) is 60.7 Å². The van der Waals surface area contributed by atoms with Crippen molar-refractivity contribution in [2.45, 2.75) is 11.8 Å². The number of hydrogen-bond acceptors (Lipinski definition) is 12. The van der Waals surface area contributed by atoms with Gasteiger partial charge in [-0.1, -0.05) is 47.5 Å². The van der Waals surface area contributed by atoms with Gasteiger partial charge in [-0.2, -0.15) is 12.6 Å².